The summed E-state index contributed by atoms with van der Waals surface area (Å²) in [6.45, 7) is 10.3. The molecular formula is C27H34N4O4S. The van der Waals surface area contributed by atoms with Gasteiger partial charge in [-0.2, -0.15) is 5.11 Å². The minimum absolute atomic E-state index is 0.115. The number of aryl methyl sites for hydroxylation is 1. The number of fused-ring (bicyclic) bond motifs is 1. The number of benzene rings is 2. The van der Waals surface area contributed by atoms with Crippen molar-refractivity contribution in [2.75, 3.05) is 37.9 Å². The van der Waals surface area contributed by atoms with E-state index < -0.39 is 10.0 Å². The number of nitrogens with one attached hydrogen (secondary N) is 1. The highest BCUT2D eigenvalue weighted by molar-refractivity contribution is 7.89. The highest BCUT2D eigenvalue weighted by Crippen LogP contribution is 2.43. The molecule has 1 atom stereocenters. The van der Waals surface area contributed by atoms with Gasteiger partial charge in [-0.05, 0) is 66.0 Å². The molecule has 1 saturated heterocycles. The third-order valence-corrected chi connectivity index (χ3v) is 7.04. The molecule has 0 unspecified atom stereocenters. The molecule has 1 aliphatic heterocycles. The number of H-pyrrole nitrogens is 1. The summed E-state index contributed by atoms with van der Waals surface area (Å²) in [6.07, 6.45) is 1.95. The molecule has 2 heterocycles. The lowest BCUT2D eigenvalue weighted by molar-refractivity contribution is 0.403. The molecular weight excluding hydrogens is 476 g/mol. The van der Waals surface area contributed by atoms with Crippen LogP contribution in [0, 0.1) is 12.8 Å². The molecule has 1 N–H and O–H groups in total. The van der Waals surface area contributed by atoms with Gasteiger partial charge in [0.05, 0.1) is 19.9 Å². The molecule has 1 aromatic heterocycles. The zero-order valence-electron chi connectivity index (χ0n) is 21.8. The van der Waals surface area contributed by atoms with E-state index in [1.54, 1.807) is 7.11 Å². The Morgan fingerprint density at radius 2 is 1.86 bits per heavy atom. The van der Waals surface area contributed by atoms with E-state index in [-0.39, 0.29) is 16.9 Å². The summed E-state index contributed by atoms with van der Waals surface area (Å²) in [5.41, 5.74) is 4.09. The molecule has 0 amide bonds. The summed E-state index contributed by atoms with van der Waals surface area (Å²) in [6, 6.07) is 12.2. The molecule has 0 aliphatic carbocycles. The fraction of sp³-hybridized carbons (Fsp3) is 0.444. The smallest absolute Gasteiger partial charge is 0.267 e. The number of aromatic nitrogens is 1. The van der Waals surface area contributed by atoms with Gasteiger partial charge in [-0.3, -0.25) is 4.79 Å². The Morgan fingerprint density at radius 3 is 2.50 bits per heavy atom. The number of hydrogen-bond acceptors (Lipinski definition) is 6. The quantitative estimate of drug-likeness (QED) is 0.468. The second-order valence-electron chi connectivity index (χ2n) is 10.6. The van der Waals surface area contributed by atoms with Crippen LogP contribution in [0.2, 0.25) is 0 Å². The number of sulfonamides is 1. The van der Waals surface area contributed by atoms with Gasteiger partial charge < -0.3 is 14.6 Å². The molecule has 8 nitrogen and oxygen atoms in total. The van der Waals surface area contributed by atoms with Crippen LogP contribution in [0.1, 0.15) is 38.4 Å². The van der Waals surface area contributed by atoms with Crippen molar-refractivity contribution in [3.05, 3.63) is 58.0 Å². The Labute approximate surface area is 212 Å². The van der Waals surface area contributed by atoms with Crippen LogP contribution < -0.4 is 15.2 Å². The van der Waals surface area contributed by atoms with E-state index in [4.69, 9.17) is 4.74 Å². The standard InChI is InChI=1S/C27H34N4O4S/c1-17-7-9-21(26(32)29-17)22-14-24(27(2,3)4)25(35-5)23-13-19(8-10-20(22)23)31-12-11-18(16-31)15-28-30-36(6,33)34/h7-10,13-14,18H,11-12,15-16H2,1-6H3,(H,29,32)/t18-/m1/s1. The van der Waals surface area contributed by atoms with E-state index >= 15 is 0 Å². The number of hydrogen-bond donors (Lipinski definition) is 1. The SMILES string of the molecule is COc1c(C(C)(C)C)cc(-c2ccc(C)[nH]c2=O)c2ccc(N3CC[C@H](CN=NS(C)(=O)=O)C3)cc12. The average molecular weight is 511 g/mol. The monoisotopic (exact) mass is 510 g/mol. The van der Waals surface area contributed by atoms with Gasteiger partial charge >= 0.3 is 0 Å². The van der Waals surface area contributed by atoms with Gasteiger partial charge in [0.1, 0.15) is 5.75 Å². The van der Waals surface area contributed by atoms with Gasteiger partial charge in [0, 0.05) is 41.0 Å². The molecule has 0 spiro atoms. The molecule has 1 aliphatic rings. The molecule has 4 rings (SSSR count). The number of aromatic amines is 1. The van der Waals surface area contributed by atoms with Crippen molar-refractivity contribution >= 4 is 26.5 Å². The highest BCUT2D eigenvalue weighted by Gasteiger charge is 2.26. The van der Waals surface area contributed by atoms with E-state index in [9.17, 15) is 13.2 Å². The van der Waals surface area contributed by atoms with Crippen molar-refractivity contribution in [3.63, 3.8) is 0 Å². The second-order valence-corrected chi connectivity index (χ2v) is 12.2. The summed E-state index contributed by atoms with van der Waals surface area (Å²) in [5.74, 6) is 1.04. The van der Waals surface area contributed by atoms with E-state index in [2.05, 4.69) is 64.6 Å². The number of pyridine rings is 1. The first-order chi connectivity index (χ1) is 16.9. The van der Waals surface area contributed by atoms with Crippen LogP contribution in [0.15, 0.2) is 50.8 Å². The fourth-order valence-corrected chi connectivity index (χ4v) is 5.11. The molecule has 1 fully saturated rings. The van der Waals surface area contributed by atoms with Crippen LogP contribution in [0.3, 0.4) is 0 Å². The number of nitrogens with zero attached hydrogens (tertiary/aromatic N) is 3. The largest absolute Gasteiger partial charge is 0.496 e. The maximum Gasteiger partial charge on any atom is 0.267 e. The Bertz CT molecular complexity index is 1490. The first-order valence-corrected chi connectivity index (χ1v) is 13.9. The summed E-state index contributed by atoms with van der Waals surface area (Å²) < 4.78 is 31.8. The minimum Gasteiger partial charge on any atom is -0.496 e. The Kier molecular flexibility index (Phi) is 6.96. The normalized spacial score (nSPS) is 16.8. The van der Waals surface area contributed by atoms with Crippen LogP contribution in [0.5, 0.6) is 5.75 Å². The first-order valence-electron chi connectivity index (χ1n) is 12.1. The van der Waals surface area contributed by atoms with Crippen molar-refractivity contribution in [2.45, 2.75) is 39.5 Å². The molecule has 3 aromatic rings. The lowest BCUT2D eigenvalue weighted by Crippen LogP contribution is -2.20. The zero-order valence-corrected chi connectivity index (χ0v) is 22.6. The predicted molar refractivity (Wildman–Crippen MR) is 145 cm³/mol. The lowest BCUT2D eigenvalue weighted by atomic mass is 9.82. The molecule has 0 saturated carbocycles. The molecule has 0 radical (unpaired) electrons. The van der Waals surface area contributed by atoms with Crippen molar-refractivity contribution in [2.24, 2.45) is 15.6 Å². The molecule has 0 bridgehead atoms. The maximum atomic E-state index is 12.9. The number of methoxy groups -OCH3 is 1. The van der Waals surface area contributed by atoms with Gasteiger partial charge in [0.2, 0.25) is 0 Å². The summed E-state index contributed by atoms with van der Waals surface area (Å²) in [4.78, 5) is 18.1. The van der Waals surface area contributed by atoms with Crippen molar-refractivity contribution < 1.29 is 13.2 Å². The van der Waals surface area contributed by atoms with Crippen molar-refractivity contribution in [1.29, 1.82) is 0 Å². The van der Waals surface area contributed by atoms with Crippen LogP contribution in [-0.4, -0.2) is 46.4 Å². The number of ether oxygens (including phenoxy) is 1. The van der Waals surface area contributed by atoms with Gasteiger partial charge in [0.15, 0.2) is 0 Å². The van der Waals surface area contributed by atoms with Gasteiger partial charge in [-0.1, -0.05) is 31.4 Å². The van der Waals surface area contributed by atoms with E-state index in [0.717, 1.165) is 64.8 Å². The van der Waals surface area contributed by atoms with E-state index in [0.29, 0.717) is 12.1 Å². The maximum absolute atomic E-state index is 12.9. The van der Waals surface area contributed by atoms with Gasteiger partial charge in [0.25, 0.3) is 15.6 Å². The topological polar surface area (TPSA) is 104 Å². The summed E-state index contributed by atoms with van der Waals surface area (Å²) in [7, 11) is -1.77. The first kappa shape index (κ1) is 25.9. The van der Waals surface area contributed by atoms with Crippen LogP contribution in [0.4, 0.5) is 5.69 Å². The Balaban J connectivity index is 1.80. The van der Waals surface area contributed by atoms with Crippen LogP contribution in [0.25, 0.3) is 21.9 Å². The molecule has 36 heavy (non-hydrogen) atoms. The Morgan fingerprint density at radius 1 is 1.11 bits per heavy atom. The van der Waals surface area contributed by atoms with Gasteiger partial charge in [-0.25, -0.2) is 8.42 Å². The zero-order chi connectivity index (χ0) is 26.3. The average Bonchev–Trinajstić information content (AvgIpc) is 3.25. The van der Waals surface area contributed by atoms with Crippen LogP contribution >= 0.6 is 0 Å². The highest BCUT2D eigenvalue weighted by atomic mass is 32.2. The lowest BCUT2D eigenvalue weighted by Gasteiger charge is -2.26. The van der Waals surface area contributed by atoms with Crippen molar-refractivity contribution in [3.8, 4) is 16.9 Å². The van der Waals surface area contributed by atoms with Crippen LogP contribution in [-0.2, 0) is 15.4 Å². The number of anilines is 1. The Hall–Kier alpha value is -3.20. The van der Waals surface area contributed by atoms with E-state index in [1.165, 1.54) is 0 Å². The molecule has 2 aromatic carbocycles. The van der Waals surface area contributed by atoms with Crippen molar-refractivity contribution in [1.82, 2.24) is 4.98 Å². The fourth-order valence-electron chi connectivity index (χ4n) is 4.84. The molecule has 9 heteroatoms. The predicted octanol–water partition coefficient (Wildman–Crippen LogP) is 5.05. The number of rotatable bonds is 6. The van der Waals surface area contributed by atoms with E-state index in [1.807, 2.05) is 19.1 Å². The second kappa shape index (κ2) is 9.69. The van der Waals surface area contributed by atoms with Gasteiger partial charge in [-0.15, -0.1) is 0 Å². The minimum atomic E-state index is -3.46. The third kappa shape index (κ3) is 5.46. The molecule has 192 valence electrons. The summed E-state index contributed by atoms with van der Waals surface area (Å²) in [5, 5.41) is 5.80. The third-order valence-electron chi connectivity index (χ3n) is 6.63. The summed E-state index contributed by atoms with van der Waals surface area (Å²) >= 11 is 0.